The number of anilines is 1. The second kappa shape index (κ2) is 6.64. The molecule has 4 nitrogen and oxygen atoms in total. The van der Waals surface area contributed by atoms with Crippen LogP contribution in [0.4, 0.5) is 5.69 Å². The van der Waals surface area contributed by atoms with Gasteiger partial charge < -0.3 is 15.2 Å². The first-order valence-electron chi connectivity index (χ1n) is 7.17. The molecule has 1 aromatic carbocycles. The molecule has 0 spiro atoms. The number of hydrogen-bond donors (Lipinski definition) is 1. The van der Waals surface area contributed by atoms with Gasteiger partial charge in [-0.25, -0.2) is 0 Å². The zero-order valence-electron chi connectivity index (χ0n) is 12.2. The van der Waals surface area contributed by atoms with E-state index in [0.717, 1.165) is 17.7 Å². The summed E-state index contributed by atoms with van der Waals surface area (Å²) >= 11 is 0. The highest BCUT2D eigenvalue weighted by molar-refractivity contribution is 5.80. The average Bonchev–Trinajstić information content (AvgIpc) is 2.98. The van der Waals surface area contributed by atoms with Gasteiger partial charge in [-0.05, 0) is 36.1 Å². The molecule has 0 aliphatic heterocycles. The highest BCUT2D eigenvalue weighted by Crippen LogP contribution is 2.37. The highest BCUT2D eigenvalue weighted by atomic mass is 16.5. The molecule has 0 aromatic heterocycles. The number of nitrogens with two attached hydrogens (primary N) is 1. The molecule has 0 saturated heterocycles. The lowest BCUT2D eigenvalue weighted by molar-refractivity contribution is -0.142. The average molecular weight is 277 g/mol. The van der Waals surface area contributed by atoms with E-state index in [2.05, 4.69) is 0 Å². The lowest BCUT2D eigenvalue weighted by Crippen LogP contribution is -2.18. The number of methoxy groups -OCH3 is 2. The molecular formula is C16H23NO3. The Morgan fingerprint density at radius 1 is 1.35 bits per heavy atom. The van der Waals surface area contributed by atoms with Gasteiger partial charge in [0.15, 0.2) is 0 Å². The lowest BCUT2D eigenvalue weighted by Gasteiger charge is -2.20. The summed E-state index contributed by atoms with van der Waals surface area (Å²) in [6, 6.07) is 5.45. The van der Waals surface area contributed by atoms with Gasteiger partial charge in [-0.15, -0.1) is 0 Å². The summed E-state index contributed by atoms with van der Waals surface area (Å²) < 4.78 is 10.2. The maximum Gasteiger partial charge on any atom is 0.313 e. The third-order valence-electron chi connectivity index (χ3n) is 4.20. The monoisotopic (exact) mass is 277 g/mol. The third kappa shape index (κ3) is 3.24. The van der Waals surface area contributed by atoms with Gasteiger partial charge in [0.25, 0.3) is 0 Å². The first-order chi connectivity index (χ1) is 9.65. The largest absolute Gasteiger partial charge is 0.497 e. The van der Waals surface area contributed by atoms with Crippen molar-refractivity contribution in [1.82, 2.24) is 0 Å². The predicted octanol–water partition coefficient (Wildman–Crippen LogP) is 3.11. The minimum Gasteiger partial charge on any atom is -0.497 e. The van der Waals surface area contributed by atoms with Gasteiger partial charge in [-0.2, -0.15) is 0 Å². The molecule has 0 amide bonds. The molecular weight excluding hydrogens is 254 g/mol. The molecule has 4 heteroatoms. The van der Waals surface area contributed by atoms with E-state index in [1.165, 1.54) is 32.8 Å². The van der Waals surface area contributed by atoms with Crippen molar-refractivity contribution in [3.05, 3.63) is 23.8 Å². The minimum absolute atomic E-state index is 0.211. The Bertz CT molecular complexity index is 467. The van der Waals surface area contributed by atoms with Crippen LogP contribution in [0.15, 0.2) is 18.2 Å². The minimum atomic E-state index is -0.293. The van der Waals surface area contributed by atoms with Gasteiger partial charge in [0, 0.05) is 5.69 Å². The van der Waals surface area contributed by atoms with Crippen molar-refractivity contribution in [3.63, 3.8) is 0 Å². The van der Waals surface area contributed by atoms with Gasteiger partial charge in [-0.3, -0.25) is 4.79 Å². The van der Waals surface area contributed by atoms with Gasteiger partial charge >= 0.3 is 5.97 Å². The van der Waals surface area contributed by atoms with Crippen molar-refractivity contribution in [2.24, 2.45) is 5.92 Å². The fraction of sp³-hybridized carbons (Fsp3) is 0.562. The molecule has 0 bridgehead atoms. The molecule has 2 rings (SSSR count). The molecule has 1 atom stereocenters. The summed E-state index contributed by atoms with van der Waals surface area (Å²) in [7, 11) is 3.04. The molecule has 1 aliphatic carbocycles. The number of ether oxygens (including phenoxy) is 2. The topological polar surface area (TPSA) is 61.5 Å². The van der Waals surface area contributed by atoms with Gasteiger partial charge in [0.2, 0.25) is 0 Å². The molecule has 110 valence electrons. The fourth-order valence-corrected chi connectivity index (χ4v) is 3.05. The molecule has 0 heterocycles. The van der Waals surface area contributed by atoms with Crippen molar-refractivity contribution >= 4 is 11.7 Å². The maximum absolute atomic E-state index is 12.1. The van der Waals surface area contributed by atoms with Gasteiger partial charge in [-0.1, -0.05) is 25.7 Å². The zero-order chi connectivity index (χ0) is 14.5. The van der Waals surface area contributed by atoms with E-state index >= 15 is 0 Å². The molecule has 1 fully saturated rings. The van der Waals surface area contributed by atoms with Crippen molar-refractivity contribution in [2.75, 3.05) is 20.0 Å². The van der Waals surface area contributed by atoms with Gasteiger partial charge in [0.1, 0.15) is 5.75 Å². The van der Waals surface area contributed by atoms with Crippen LogP contribution in [-0.2, 0) is 9.53 Å². The summed E-state index contributed by atoms with van der Waals surface area (Å²) in [5.74, 6) is 0.800. The predicted molar refractivity (Wildman–Crippen MR) is 78.7 cm³/mol. The molecule has 2 N–H and O–H groups in total. The van der Waals surface area contributed by atoms with Crippen molar-refractivity contribution in [3.8, 4) is 5.75 Å². The number of carbonyl (C=O) groups excluding carboxylic acids is 1. The quantitative estimate of drug-likeness (QED) is 0.663. The van der Waals surface area contributed by atoms with Crippen molar-refractivity contribution in [1.29, 1.82) is 0 Å². The third-order valence-corrected chi connectivity index (χ3v) is 4.20. The Hall–Kier alpha value is -1.71. The molecule has 1 aliphatic rings. The summed E-state index contributed by atoms with van der Waals surface area (Å²) in [4.78, 5) is 12.1. The number of hydrogen-bond acceptors (Lipinski definition) is 4. The van der Waals surface area contributed by atoms with Gasteiger partial charge in [0.05, 0.1) is 20.1 Å². The highest BCUT2D eigenvalue weighted by Gasteiger charge is 2.29. The lowest BCUT2D eigenvalue weighted by atomic mass is 9.87. The van der Waals surface area contributed by atoms with E-state index in [1.54, 1.807) is 13.2 Å². The maximum atomic E-state index is 12.1. The van der Waals surface area contributed by atoms with E-state index < -0.39 is 0 Å². The number of esters is 1. The molecule has 1 unspecified atom stereocenters. The van der Waals surface area contributed by atoms with Crippen molar-refractivity contribution in [2.45, 2.75) is 38.0 Å². The van der Waals surface area contributed by atoms with E-state index in [9.17, 15) is 4.79 Å². The summed E-state index contributed by atoms with van der Waals surface area (Å²) in [5.41, 5.74) is 7.50. The molecule has 0 radical (unpaired) electrons. The zero-order valence-corrected chi connectivity index (χ0v) is 12.2. The van der Waals surface area contributed by atoms with Crippen LogP contribution in [0.1, 0.15) is 43.6 Å². The van der Waals surface area contributed by atoms with Crippen LogP contribution >= 0.6 is 0 Å². The van der Waals surface area contributed by atoms with Crippen LogP contribution in [0, 0.1) is 5.92 Å². The van der Waals surface area contributed by atoms with Crippen LogP contribution in [0.2, 0.25) is 0 Å². The fourth-order valence-electron chi connectivity index (χ4n) is 3.05. The van der Waals surface area contributed by atoms with E-state index in [-0.39, 0.29) is 11.9 Å². The van der Waals surface area contributed by atoms with E-state index in [0.29, 0.717) is 11.6 Å². The first-order valence-corrected chi connectivity index (χ1v) is 7.17. The number of nitrogen functional groups attached to an aromatic ring is 1. The van der Waals surface area contributed by atoms with E-state index in [1.807, 2.05) is 12.1 Å². The van der Waals surface area contributed by atoms with Crippen LogP contribution in [0.3, 0.4) is 0 Å². The van der Waals surface area contributed by atoms with Crippen LogP contribution < -0.4 is 10.5 Å². The van der Waals surface area contributed by atoms with Crippen molar-refractivity contribution < 1.29 is 14.3 Å². The molecule has 1 aromatic rings. The number of benzene rings is 1. The Morgan fingerprint density at radius 2 is 2.05 bits per heavy atom. The van der Waals surface area contributed by atoms with Crippen LogP contribution in [0.5, 0.6) is 5.75 Å². The first kappa shape index (κ1) is 14.7. The summed E-state index contributed by atoms with van der Waals surface area (Å²) in [5, 5.41) is 0. The summed E-state index contributed by atoms with van der Waals surface area (Å²) in [6.07, 6.45) is 5.71. The molecule has 20 heavy (non-hydrogen) atoms. The van der Waals surface area contributed by atoms with Crippen LogP contribution in [-0.4, -0.2) is 20.2 Å². The van der Waals surface area contributed by atoms with Crippen LogP contribution in [0.25, 0.3) is 0 Å². The standard InChI is InChI=1S/C16H23NO3/c1-19-12-7-8-15(17)13(10-12)14(16(18)20-2)9-11-5-3-4-6-11/h7-8,10-11,14H,3-6,9,17H2,1-2H3. The Kier molecular flexibility index (Phi) is 4.88. The SMILES string of the molecule is COC(=O)C(CC1CCCC1)c1cc(OC)ccc1N. The normalized spacial score (nSPS) is 16.9. The Labute approximate surface area is 120 Å². The molecule has 1 saturated carbocycles. The summed E-state index contributed by atoms with van der Waals surface area (Å²) in [6.45, 7) is 0. The Balaban J connectivity index is 2.27. The Morgan fingerprint density at radius 3 is 2.65 bits per heavy atom. The second-order valence-corrected chi connectivity index (χ2v) is 5.46. The second-order valence-electron chi connectivity index (χ2n) is 5.46. The number of carbonyl (C=O) groups is 1. The smallest absolute Gasteiger partial charge is 0.313 e. The number of rotatable bonds is 5. The van der Waals surface area contributed by atoms with E-state index in [4.69, 9.17) is 15.2 Å².